The van der Waals surface area contributed by atoms with Gasteiger partial charge in [-0.2, -0.15) is 0 Å². The molecule has 5 rings (SSSR count). The fourth-order valence-electron chi connectivity index (χ4n) is 4.16. The van der Waals surface area contributed by atoms with E-state index in [1.165, 1.54) is 18.2 Å². The van der Waals surface area contributed by atoms with Crippen molar-refractivity contribution in [2.75, 3.05) is 4.90 Å². The molecule has 2 amide bonds. The summed E-state index contributed by atoms with van der Waals surface area (Å²) in [6, 6.07) is 23.9. The molecule has 1 atom stereocenters. The van der Waals surface area contributed by atoms with Crippen molar-refractivity contribution in [3.05, 3.63) is 134 Å². The summed E-state index contributed by atoms with van der Waals surface area (Å²) in [5, 5.41) is 0.881. The number of ketones is 1. The van der Waals surface area contributed by atoms with Crippen LogP contribution in [0.5, 0.6) is 0 Å². The fourth-order valence-corrected chi connectivity index (χ4v) is 4.46. The van der Waals surface area contributed by atoms with Crippen LogP contribution in [-0.2, 0) is 4.74 Å². The summed E-state index contributed by atoms with van der Waals surface area (Å²) in [5.41, 5.74) is 2.16. The van der Waals surface area contributed by atoms with Crippen molar-refractivity contribution in [3.63, 3.8) is 0 Å². The van der Waals surface area contributed by atoms with Crippen molar-refractivity contribution < 1.29 is 23.9 Å². The lowest BCUT2D eigenvalue weighted by molar-refractivity contribution is 0.0280. The van der Waals surface area contributed by atoms with Crippen LogP contribution in [0.15, 0.2) is 91.0 Å². The molecule has 1 aliphatic rings. The molecule has 8 heteroatoms. The number of imide groups is 1. The topological polar surface area (TPSA) is 80.8 Å². The van der Waals surface area contributed by atoms with Gasteiger partial charge in [0.15, 0.2) is 6.10 Å². The van der Waals surface area contributed by atoms with Gasteiger partial charge in [-0.05, 0) is 55.0 Å². The molecule has 0 aromatic heterocycles. The van der Waals surface area contributed by atoms with E-state index in [0.29, 0.717) is 26.9 Å². The Morgan fingerprint density at radius 2 is 1.45 bits per heavy atom. The van der Waals surface area contributed by atoms with E-state index in [1.54, 1.807) is 72.8 Å². The molecule has 1 aliphatic heterocycles. The Balaban J connectivity index is 1.45. The lowest BCUT2D eigenvalue weighted by Crippen LogP contribution is -2.29. The molecule has 0 unspecified atom stereocenters. The van der Waals surface area contributed by atoms with Crippen molar-refractivity contribution in [2.24, 2.45) is 0 Å². The van der Waals surface area contributed by atoms with Crippen LogP contribution < -0.4 is 4.90 Å². The first-order chi connectivity index (χ1) is 18.2. The standard InChI is InChI=1S/C30H19Cl2NO5/c1-17-7-13-22(16-25(17)32)33-28(35)23-14-10-20(15-24(23)29(33)36)30(37)38-27(19-8-11-21(31)12-9-19)26(34)18-5-3-2-4-6-18/h2-16,27H,1H3/t27-/m0/s1. The van der Waals surface area contributed by atoms with E-state index in [-0.39, 0.29) is 16.7 Å². The lowest BCUT2D eigenvalue weighted by Gasteiger charge is -2.18. The average Bonchev–Trinajstić information content (AvgIpc) is 3.18. The number of esters is 1. The number of rotatable bonds is 6. The van der Waals surface area contributed by atoms with Gasteiger partial charge in [0.25, 0.3) is 11.8 Å². The number of carbonyl (C=O) groups is 4. The normalized spacial score (nSPS) is 13.3. The highest BCUT2D eigenvalue weighted by molar-refractivity contribution is 6.36. The SMILES string of the molecule is Cc1ccc(N2C(=O)c3ccc(C(=O)O[C@H](C(=O)c4ccccc4)c4ccc(Cl)cc4)cc3C2=O)cc1Cl. The van der Waals surface area contributed by atoms with Crippen LogP contribution in [0.1, 0.15) is 58.7 Å². The first-order valence-corrected chi connectivity index (χ1v) is 12.3. The van der Waals surface area contributed by atoms with Crippen molar-refractivity contribution in [3.8, 4) is 0 Å². The van der Waals surface area contributed by atoms with E-state index in [0.717, 1.165) is 10.5 Å². The van der Waals surface area contributed by atoms with Gasteiger partial charge in [-0.15, -0.1) is 0 Å². The third-order valence-electron chi connectivity index (χ3n) is 6.23. The molecule has 0 spiro atoms. The highest BCUT2D eigenvalue weighted by atomic mass is 35.5. The van der Waals surface area contributed by atoms with Gasteiger partial charge in [0.2, 0.25) is 5.78 Å². The second-order valence-electron chi connectivity index (χ2n) is 8.71. The Hall–Kier alpha value is -4.26. The Kier molecular flexibility index (Phi) is 6.85. The number of ether oxygens (including phenoxy) is 1. The number of hydrogen-bond donors (Lipinski definition) is 0. The van der Waals surface area contributed by atoms with Crippen LogP contribution in [-0.4, -0.2) is 23.6 Å². The summed E-state index contributed by atoms with van der Waals surface area (Å²) < 4.78 is 5.68. The predicted octanol–water partition coefficient (Wildman–Crippen LogP) is 6.88. The van der Waals surface area contributed by atoms with Gasteiger partial charge in [-0.1, -0.05) is 71.7 Å². The zero-order valence-corrected chi connectivity index (χ0v) is 21.5. The second kappa shape index (κ2) is 10.2. The highest BCUT2D eigenvalue weighted by Crippen LogP contribution is 2.32. The maximum Gasteiger partial charge on any atom is 0.339 e. The molecule has 4 aromatic carbocycles. The summed E-state index contributed by atoms with van der Waals surface area (Å²) >= 11 is 12.2. The maximum atomic E-state index is 13.3. The van der Waals surface area contributed by atoms with Crippen LogP contribution in [0.3, 0.4) is 0 Å². The monoisotopic (exact) mass is 543 g/mol. The number of Topliss-reactive ketones (excluding diaryl/α,β-unsaturated/α-hetero) is 1. The number of anilines is 1. The van der Waals surface area contributed by atoms with Gasteiger partial charge in [0.05, 0.1) is 22.4 Å². The summed E-state index contributed by atoms with van der Waals surface area (Å²) in [5.74, 6) is -2.36. The molecular formula is C30H19Cl2NO5. The summed E-state index contributed by atoms with van der Waals surface area (Å²) in [6.07, 6.45) is -1.25. The largest absolute Gasteiger partial charge is 0.445 e. The molecule has 0 saturated heterocycles. The number of nitrogens with zero attached hydrogens (tertiary/aromatic N) is 1. The molecule has 188 valence electrons. The minimum atomic E-state index is -1.25. The maximum absolute atomic E-state index is 13.3. The van der Waals surface area contributed by atoms with Crippen LogP contribution >= 0.6 is 23.2 Å². The number of amides is 2. The number of carbonyl (C=O) groups excluding carboxylic acids is 4. The molecule has 0 radical (unpaired) electrons. The van der Waals surface area contributed by atoms with E-state index >= 15 is 0 Å². The first kappa shape index (κ1) is 25.4. The van der Waals surface area contributed by atoms with E-state index in [4.69, 9.17) is 27.9 Å². The van der Waals surface area contributed by atoms with Gasteiger partial charge in [0, 0.05) is 21.2 Å². The van der Waals surface area contributed by atoms with Gasteiger partial charge < -0.3 is 4.74 Å². The number of benzene rings is 4. The smallest absolute Gasteiger partial charge is 0.339 e. The van der Waals surface area contributed by atoms with Crippen molar-refractivity contribution in [2.45, 2.75) is 13.0 Å². The third-order valence-corrected chi connectivity index (χ3v) is 6.89. The molecule has 6 nitrogen and oxygen atoms in total. The number of halogens is 2. The van der Waals surface area contributed by atoms with Gasteiger partial charge in [0.1, 0.15) is 0 Å². The van der Waals surface area contributed by atoms with E-state index in [2.05, 4.69) is 0 Å². The molecule has 0 aliphatic carbocycles. The Labute approximate surface area is 228 Å². The second-order valence-corrected chi connectivity index (χ2v) is 9.55. The predicted molar refractivity (Wildman–Crippen MR) is 144 cm³/mol. The summed E-state index contributed by atoms with van der Waals surface area (Å²) in [4.78, 5) is 53.7. The molecule has 0 fully saturated rings. The van der Waals surface area contributed by atoms with Crippen LogP contribution in [0, 0.1) is 6.92 Å². The van der Waals surface area contributed by atoms with Gasteiger partial charge in [-0.3, -0.25) is 14.4 Å². The molecule has 0 bridgehead atoms. The molecule has 1 heterocycles. The van der Waals surface area contributed by atoms with Crippen LogP contribution in [0.25, 0.3) is 0 Å². The number of hydrogen-bond acceptors (Lipinski definition) is 5. The molecule has 38 heavy (non-hydrogen) atoms. The molecule has 4 aromatic rings. The van der Waals surface area contributed by atoms with E-state index in [1.807, 2.05) is 6.92 Å². The quantitative estimate of drug-likeness (QED) is 0.150. The third kappa shape index (κ3) is 4.72. The Bertz CT molecular complexity index is 1600. The zero-order chi connectivity index (χ0) is 27.0. The molecule has 0 N–H and O–H groups in total. The Morgan fingerprint density at radius 1 is 0.763 bits per heavy atom. The minimum absolute atomic E-state index is 0.0218. The fraction of sp³-hybridized carbons (Fsp3) is 0.0667. The summed E-state index contributed by atoms with van der Waals surface area (Å²) in [7, 11) is 0. The molecular weight excluding hydrogens is 525 g/mol. The number of fused-ring (bicyclic) bond motifs is 1. The first-order valence-electron chi connectivity index (χ1n) is 11.6. The van der Waals surface area contributed by atoms with E-state index in [9.17, 15) is 19.2 Å². The average molecular weight is 544 g/mol. The minimum Gasteiger partial charge on any atom is -0.445 e. The Morgan fingerprint density at radius 3 is 2.13 bits per heavy atom. The van der Waals surface area contributed by atoms with Gasteiger partial charge in [-0.25, -0.2) is 9.69 Å². The lowest BCUT2D eigenvalue weighted by atomic mass is 9.99. The number of aryl methyl sites for hydroxylation is 1. The van der Waals surface area contributed by atoms with Crippen molar-refractivity contribution >= 4 is 52.5 Å². The van der Waals surface area contributed by atoms with Crippen molar-refractivity contribution in [1.82, 2.24) is 0 Å². The van der Waals surface area contributed by atoms with Crippen LogP contribution in [0.4, 0.5) is 5.69 Å². The van der Waals surface area contributed by atoms with Crippen molar-refractivity contribution in [1.29, 1.82) is 0 Å². The molecule has 0 saturated carbocycles. The van der Waals surface area contributed by atoms with Gasteiger partial charge >= 0.3 is 5.97 Å². The van der Waals surface area contributed by atoms with Crippen LogP contribution in [0.2, 0.25) is 10.0 Å². The van der Waals surface area contributed by atoms with E-state index < -0.39 is 29.7 Å². The zero-order valence-electron chi connectivity index (χ0n) is 20.0. The summed E-state index contributed by atoms with van der Waals surface area (Å²) in [6.45, 7) is 1.81. The highest BCUT2D eigenvalue weighted by Gasteiger charge is 2.38.